The number of allylic oxidation sites excluding steroid dienone is 1. The average molecular weight is 292 g/mol. The van der Waals surface area contributed by atoms with E-state index in [0.29, 0.717) is 17.0 Å². The van der Waals surface area contributed by atoms with E-state index >= 15 is 0 Å². The van der Waals surface area contributed by atoms with E-state index in [0.717, 1.165) is 17.5 Å². The predicted molar refractivity (Wildman–Crippen MR) is 87.6 cm³/mol. The Morgan fingerprint density at radius 1 is 1.14 bits per heavy atom. The van der Waals surface area contributed by atoms with Crippen molar-refractivity contribution in [3.05, 3.63) is 65.7 Å². The molecule has 1 N–H and O–H groups in total. The molecule has 1 aromatic heterocycles. The molecule has 0 radical (unpaired) electrons. The van der Waals surface area contributed by atoms with Gasteiger partial charge in [-0.15, -0.1) is 0 Å². The Labute approximate surface area is 128 Å². The lowest BCUT2D eigenvalue weighted by atomic mass is 10.1. The van der Waals surface area contributed by atoms with E-state index in [-0.39, 0.29) is 0 Å². The SMILES string of the molecule is Cc1ccc(N/C=C(\C=O)c2nc3ccccc3o2)cc1C. The fraction of sp³-hybridized carbons (Fsp3) is 0.111. The standard InChI is InChI=1S/C18H16N2O2/c1-12-7-8-15(9-13(12)2)19-10-14(11-21)18-20-16-5-3-4-6-17(16)22-18/h3-11,19H,1-2H3/b14-10+. The van der Waals surface area contributed by atoms with E-state index in [1.165, 1.54) is 11.1 Å². The first-order valence-electron chi connectivity index (χ1n) is 7.02. The predicted octanol–water partition coefficient (Wildman–Crippen LogP) is 4.10. The number of anilines is 1. The first-order valence-corrected chi connectivity index (χ1v) is 7.02. The zero-order valence-corrected chi connectivity index (χ0v) is 12.5. The van der Waals surface area contributed by atoms with Crippen molar-refractivity contribution in [2.75, 3.05) is 5.32 Å². The highest BCUT2D eigenvalue weighted by molar-refractivity contribution is 6.06. The summed E-state index contributed by atoms with van der Waals surface area (Å²) in [6.45, 7) is 4.11. The molecule has 3 rings (SSSR count). The van der Waals surface area contributed by atoms with Crippen LogP contribution >= 0.6 is 0 Å². The fourth-order valence-electron chi connectivity index (χ4n) is 2.13. The summed E-state index contributed by atoms with van der Waals surface area (Å²) in [7, 11) is 0. The summed E-state index contributed by atoms with van der Waals surface area (Å²) < 4.78 is 5.60. The number of carbonyl (C=O) groups is 1. The Morgan fingerprint density at radius 2 is 1.95 bits per heavy atom. The van der Waals surface area contributed by atoms with Crippen molar-refractivity contribution in [1.29, 1.82) is 0 Å². The van der Waals surface area contributed by atoms with E-state index in [9.17, 15) is 4.79 Å². The van der Waals surface area contributed by atoms with Gasteiger partial charge < -0.3 is 9.73 Å². The van der Waals surface area contributed by atoms with Gasteiger partial charge in [0.15, 0.2) is 11.9 Å². The number of aldehydes is 1. The highest BCUT2D eigenvalue weighted by Gasteiger charge is 2.09. The van der Waals surface area contributed by atoms with E-state index < -0.39 is 0 Å². The highest BCUT2D eigenvalue weighted by Crippen LogP contribution is 2.20. The number of carbonyl (C=O) groups excluding carboxylic acids is 1. The van der Waals surface area contributed by atoms with Crippen LogP contribution in [0.2, 0.25) is 0 Å². The Bertz CT molecular complexity index is 829. The minimum Gasteiger partial charge on any atom is -0.436 e. The topological polar surface area (TPSA) is 55.1 Å². The molecule has 0 unspecified atom stereocenters. The number of benzene rings is 2. The minimum absolute atomic E-state index is 0.313. The van der Waals surface area contributed by atoms with Gasteiger partial charge in [-0.1, -0.05) is 18.2 Å². The van der Waals surface area contributed by atoms with Gasteiger partial charge in [0, 0.05) is 11.9 Å². The molecule has 0 atom stereocenters. The molecule has 4 heteroatoms. The maximum Gasteiger partial charge on any atom is 0.232 e. The lowest BCUT2D eigenvalue weighted by Crippen LogP contribution is -1.94. The number of hydrogen-bond donors (Lipinski definition) is 1. The molecule has 0 amide bonds. The second-order valence-electron chi connectivity index (χ2n) is 5.15. The van der Waals surface area contributed by atoms with Crippen molar-refractivity contribution in [2.45, 2.75) is 13.8 Å². The zero-order chi connectivity index (χ0) is 15.5. The molecule has 0 fully saturated rings. The second kappa shape index (κ2) is 5.85. The number of nitrogens with zero attached hydrogens (tertiary/aromatic N) is 1. The number of oxazole rings is 1. The summed E-state index contributed by atoms with van der Waals surface area (Å²) in [6.07, 6.45) is 2.35. The number of nitrogens with one attached hydrogen (secondary N) is 1. The molecule has 0 aliphatic heterocycles. The smallest absolute Gasteiger partial charge is 0.232 e. The van der Waals surface area contributed by atoms with Gasteiger partial charge in [0.25, 0.3) is 0 Å². The van der Waals surface area contributed by atoms with Crippen LogP contribution in [-0.4, -0.2) is 11.3 Å². The zero-order valence-electron chi connectivity index (χ0n) is 12.5. The van der Waals surface area contributed by atoms with Gasteiger partial charge in [0.05, 0.1) is 5.57 Å². The Hall–Kier alpha value is -2.88. The molecule has 0 saturated carbocycles. The summed E-state index contributed by atoms with van der Waals surface area (Å²) in [4.78, 5) is 15.6. The van der Waals surface area contributed by atoms with Crippen LogP contribution in [0.15, 0.2) is 53.1 Å². The molecule has 110 valence electrons. The number of fused-ring (bicyclic) bond motifs is 1. The molecule has 1 heterocycles. The number of hydrogen-bond acceptors (Lipinski definition) is 4. The van der Waals surface area contributed by atoms with Gasteiger partial charge in [-0.05, 0) is 49.2 Å². The fourth-order valence-corrected chi connectivity index (χ4v) is 2.13. The second-order valence-corrected chi connectivity index (χ2v) is 5.15. The van der Waals surface area contributed by atoms with Crippen LogP contribution in [0.1, 0.15) is 17.0 Å². The van der Waals surface area contributed by atoms with Crippen LogP contribution in [-0.2, 0) is 4.79 Å². The van der Waals surface area contributed by atoms with Crippen molar-refractivity contribution in [1.82, 2.24) is 4.98 Å². The van der Waals surface area contributed by atoms with E-state index in [1.807, 2.05) is 49.4 Å². The molecule has 0 saturated heterocycles. The summed E-state index contributed by atoms with van der Waals surface area (Å²) in [6, 6.07) is 13.5. The van der Waals surface area contributed by atoms with E-state index in [1.54, 1.807) is 6.20 Å². The molecule has 2 aromatic carbocycles. The van der Waals surface area contributed by atoms with E-state index in [4.69, 9.17) is 4.42 Å². The number of para-hydroxylation sites is 2. The first kappa shape index (κ1) is 14.1. The lowest BCUT2D eigenvalue weighted by molar-refractivity contribution is -0.103. The van der Waals surface area contributed by atoms with Crippen molar-refractivity contribution >= 4 is 28.6 Å². The number of aromatic nitrogens is 1. The third kappa shape index (κ3) is 2.76. The molecule has 0 bridgehead atoms. The van der Waals surface area contributed by atoms with Crippen LogP contribution < -0.4 is 5.32 Å². The van der Waals surface area contributed by atoms with Gasteiger partial charge in [-0.25, -0.2) is 4.98 Å². The maximum atomic E-state index is 11.3. The van der Waals surface area contributed by atoms with Crippen LogP contribution in [0.3, 0.4) is 0 Å². The Balaban J connectivity index is 1.89. The molecule has 3 aromatic rings. The molecular weight excluding hydrogens is 276 g/mol. The Kier molecular flexibility index (Phi) is 3.74. The third-order valence-electron chi connectivity index (χ3n) is 3.57. The van der Waals surface area contributed by atoms with Crippen LogP contribution in [0, 0.1) is 13.8 Å². The first-order chi connectivity index (χ1) is 10.7. The normalized spacial score (nSPS) is 11.6. The molecule has 22 heavy (non-hydrogen) atoms. The summed E-state index contributed by atoms with van der Waals surface area (Å²) in [5, 5.41) is 3.11. The number of aryl methyl sites for hydroxylation is 2. The molecular formula is C18H16N2O2. The van der Waals surface area contributed by atoms with Crippen LogP contribution in [0.5, 0.6) is 0 Å². The van der Waals surface area contributed by atoms with Crippen molar-refractivity contribution in [3.63, 3.8) is 0 Å². The van der Waals surface area contributed by atoms with Crippen molar-refractivity contribution in [3.8, 4) is 0 Å². The summed E-state index contributed by atoms with van der Waals surface area (Å²) in [5.41, 5.74) is 5.10. The highest BCUT2D eigenvalue weighted by atomic mass is 16.3. The van der Waals surface area contributed by atoms with Crippen molar-refractivity contribution < 1.29 is 9.21 Å². The number of rotatable bonds is 4. The molecule has 4 nitrogen and oxygen atoms in total. The third-order valence-corrected chi connectivity index (χ3v) is 3.57. The quantitative estimate of drug-likeness (QED) is 0.581. The summed E-state index contributed by atoms with van der Waals surface area (Å²) in [5.74, 6) is 0.313. The lowest BCUT2D eigenvalue weighted by Gasteiger charge is -2.05. The summed E-state index contributed by atoms with van der Waals surface area (Å²) >= 11 is 0. The van der Waals surface area contributed by atoms with Gasteiger partial charge in [0.2, 0.25) is 5.89 Å². The van der Waals surface area contributed by atoms with Crippen LogP contribution in [0.4, 0.5) is 5.69 Å². The minimum atomic E-state index is 0.313. The monoisotopic (exact) mass is 292 g/mol. The molecule has 0 aliphatic carbocycles. The van der Waals surface area contributed by atoms with E-state index in [2.05, 4.69) is 17.2 Å². The average Bonchev–Trinajstić information content (AvgIpc) is 2.95. The Morgan fingerprint density at radius 3 is 2.68 bits per heavy atom. The van der Waals surface area contributed by atoms with Gasteiger partial charge in [-0.2, -0.15) is 0 Å². The van der Waals surface area contributed by atoms with Gasteiger partial charge in [-0.3, -0.25) is 4.79 Å². The molecule has 0 aliphatic rings. The van der Waals surface area contributed by atoms with Crippen molar-refractivity contribution in [2.24, 2.45) is 0 Å². The van der Waals surface area contributed by atoms with Gasteiger partial charge in [0.1, 0.15) is 5.52 Å². The van der Waals surface area contributed by atoms with Gasteiger partial charge >= 0.3 is 0 Å². The largest absolute Gasteiger partial charge is 0.436 e. The van der Waals surface area contributed by atoms with Crippen LogP contribution in [0.25, 0.3) is 16.7 Å². The maximum absolute atomic E-state index is 11.3. The molecule has 0 spiro atoms.